The highest BCUT2D eigenvalue weighted by Gasteiger charge is 2.19. The first-order chi connectivity index (χ1) is 10.6. The number of aliphatic hydroxyl groups excluding tert-OH is 1. The van der Waals surface area contributed by atoms with Gasteiger partial charge in [0, 0.05) is 25.2 Å². The van der Waals surface area contributed by atoms with Crippen LogP contribution in [0, 0.1) is 6.92 Å². The number of nitrogens with zero attached hydrogens (tertiary/aromatic N) is 1. The topological polar surface area (TPSA) is 52.9 Å². The van der Waals surface area contributed by atoms with Gasteiger partial charge in [-0.3, -0.25) is 4.90 Å². The molecule has 0 aromatic heterocycles. The Morgan fingerprint density at radius 2 is 2.09 bits per heavy atom. The van der Waals surface area contributed by atoms with E-state index in [-0.39, 0.29) is 5.75 Å². The Bertz CT molecular complexity index is 657. The molecule has 0 aliphatic carbocycles. The van der Waals surface area contributed by atoms with Crippen molar-refractivity contribution in [3.8, 4) is 11.5 Å². The number of rotatable bonds is 3. The fourth-order valence-corrected chi connectivity index (χ4v) is 2.82. The van der Waals surface area contributed by atoms with Crippen molar-refractivity contribution in [3.63, 3.8) is 0 Å². The lowest BCUT2D eigenvalue weighted by Gasteiger charge is -2.23. The summed E-state index contributed by atoms with van der Waals surface area (Å²) in [7, 11) is 0. The number of ether oxygens (including phenoxy) is 1. The van der Waals surface area contributed by atoms with E-state index in [0.29, 0.717) is 19.7 Å². The van der Waals surface area contributed by atoms with Gasteiger partial charge in [-0.15, -0.1) is 0 Å². The lowest BCUT2D eigenvalue weighted by molar-refractivity contribution is 0.105. The van der Waals surface area contributed by atoms with Crippen molar-refractivity contribution in [2.24, 2.45) is 0 Å². The number of fused-ring (bicyclic) bond motifs is 1. The molecule has 1 aliphatic rings. The van der Waals surface area contributed by atoms with E-state index in [1.165, 1.54) is 0 Å². The third-order valence-electron chi connectivity index (χ3n) is 3.96. The van der Waals surface area contributed by atoms with Gasteiger partial charge in [0.05, 0.1) is 6.10 Å². The normalized spacial score (nSPS) is 16.5. The molecule has 1 unspecified atom stereocenters. The second-order valence-corrected chi connectivity index (χ2v) is 5.81. The summed E-state index contributed by atoms with van der Waals surface area (Å²) in [6.45, 7) is 4.56. The van der Waals surface area contributed by atoms with Gasteiger partial charge in [0.2, 0.25) is 0 Å². The van der Waals surface area contributed by atoms with Crippen LogP contribution in [0.2, 0.25) is 0 Å². The van der Waals surface area contributed by atoms with Gasteiger partial charge in [-0.25, -0.2) is 0 Å². The first-order valence-electron chi connectivity index (χ1n) is 7.53. The Kier molecular flexibility index (Phi) is 4.32. The molecular formula is C18H21NO3. The van der Waals surface area contributed by atoms with Crippen molar-refractivity contribution in [3.05, 3.63) is 59.2 Å². The Hall–Kier alpha value is -2.04. The van der Waals surface area contributed by atoms with E-state index in [0.717, 1.165) is 29.0 Å². The maximum absolute atomic E-state index is 10.5. The summed E-state index contributed by atoms with van der Waals surface area (Å²) >= 11 is 0. The number of phenols is 1. The van der Waals surface area contributed by atoms with Crippen molar-refractivity contribution < 1.29 is 14.9 Å². The zero-order valence-electron chi connectivity index (χ0n) is 12.7. The molecule has 22 heavy (non-hydrogen) atoms. The molecule has 2 aromatic rings. The summed E-state index contributed by atoms with van der Waals surface area (Å²) in [5, 5.41) is 20.1. The molecule has 0 bridgehead atoms. The maximum atomic E-state index is 10.5. The zero-order chi connectivity index (χ0) is 15.5. The third kappa shape index (κ3) is 3.40. The Morgan fingerprint density at radius 3 is 2.91 bits per heavy atom. The lowest BCUT2D eigenvalue weighted by atomic mass is 10.1. The highest BCUT2D eigenvalue weighted by atomic mass is 16.5. The third-order valence-corrected chi connectivity index (χ3v) is 3.96. The lowest BCUT2D eigenvalue weighted by Crippen LogP contribution is -2.30. The molecule has 116 valence electrons. The second kappa shape index (κ2) is 6.38. The van der Waals surface area contributed by atoms with Crippen LogP contribution in [0.4, 0.5) is 0 Å². The molecule has 1 atom stereocenters. The zero-order valence-corrected chi connectivity index (χ0v) is 12.7. The van der Waals surface area contributed by atoms with Gasteiger partial charge < -0.3 is 14.9 Å². The van der Waals surface area contributed by atoms with Crippen molar-refractivity contribution >= 4 is 0 Å². The fourth-order valence-electron chi connectivity index (χ4n) is 2.82. The summed E-state index contributed by atoms with van der Waals surface area (Å²) in [5.41, 5.74) is 3.03. The molecule has 0 fully saturated rings. The number of aromatic hydroxyl groups is 1. The van der Waals surface area contributed by atoms with Crippen molar-refractivity contribution in [2.75, 3.05) is 19.7 Å². The van der Waals surface area contributed by atoms with Crippen molar-refractivity contribution in [1.29, 1.82) is 0 Å². The standard InChI is InChI=1S/C18H21NO3/c1-13-3-2-4-14(9-13)17(21)12-19-7-8-22-18-6-5-16(20)10-15(18)11-19/h2-6,9-10,17,20-21H,7-8,11-12H2,1H3. The van der Waals surface area contributed by atoms with Crippen LogP contribution >= 0.6 is 0 Å². The quantitative estimate of drug-likeness (QED) is 0.915. The molecule has 0 radical (unpaired) electrons. The van der Waals surface area contributed by atoms with E-state index in [9.17, 15) is 10.2 Å². The van der Waals surface area contributed by atoms with Gasteiger partial charge in [0.1, 0.15) is 18.1 Å². The highest BCUT2D eigenvalue weighted by Crippen LogP contribution is 2.27. The minimum Gasteiger partial charge on any atom is -0.508 e. The van der Waals surface area contributed by atoms with Crippen LogP contribution in [0.1, 0.15) is 22.8 Å². The van der Waals surface area contributed by atoms with E-state index >= 15 is 0 Å². The average molecular weight is 299 g/mol. The first-order valence-corrected chi connectivity index (χ1v) is 7.53. The number of phenolic OH excluding ortho intramolecular Hbond substituents is 1. The number of benzene rings is 2. The molecule has 0 saturated carbocycles. The molecule has 2 N–H and O–H groups in total. The minimum absolute atomic E-state index is 0.239. The second-order valence-electron chi connectivity index (χ2n) is 5.81. The molecule has 0 saturated heterocycles. The number of hydrogen-bond acceptors (Lipinski definition) is 4. The summed E-state index contributed by atoms with van der Waals surface area (Å²) in [6.07, 6.45) is -0.529. The monoisotopic (exact) mass is 299 g/mol. The van der Waals surface area contributed by atoms with Gasteiger partial charge in [-0.2, -0.15) is 0 Å². The fraction of sp³-hybridized carbons (Fsp3) is 0.333. The first kappa shape index (κ1) is 14.9. The van der Waals surface area contributed by atoms with Crippen LogP contribution in [0.15, 0.2) is 42.5 Å². The minimum atomic E-state index is -0.529. The Balaban J connectivity index is 1.72. The molecule has 0 amide bonds. The van der Waals surface area contributed by atoms with Gasteiger partial charge in [-0.1, -0.05) is 29.8 Å². The summed E-state index contributed by atoms with van der Waals surface area (Å²) in [6, 6.07) is 13.1. The molecular weight excluding hydrogens is 278 g/mol. The van der Waals surface area contributed by atoms with E-state index in [1.54, 1.807) is 18.2 Å². The maximum Gasteiger partial charge on any atom is 0.124 e. The number of β-amino-alcohol motifs (C(OH)–C–C–N with tert-alkyl or cyclic N) is 1. The smallest absolute Gasteiger partial charge is 0.124 e. The molecule has 2 aromatic carbocycles. The summed E-state index contributed by atoms with van der Waals surface area (Å²) in [5.74, 6) is 1.05. The molecule has 4 nitrogen and oxygen atoms in total. The Labute approximate surface area is 130 Å². The van der Waals surface area contributed by atoms with Crippen LogP contribution in [0.25, 0.3) is 0 Å². The average Bonchev–Trinajstić information content (AvgIpc) is 2.68. The van der Waals surface area contributed by atoms with E-state index in [4.69, 9.17) is 4.74 Å². The molecule has 1 heterocycles. The predicted molar refractivity (Wildman–Crippen MR) is 85.0 cm³/mol. The van der Waals surface area contributed by atoms with Gasteiger partial charge in [-0.05, 0) is 30.7 Å². The highest BCUT2D eigenvalue weighted by molar-refractivity contribution is 5.40. The molecule has 0 spiro atoms. The van der Waals surface area contributed by atoms with Crippen LogP contribution in [-0.2, 0) is 6.54 Å². The SMILES string of the molecule is Cc1cccc(C(O)CN2CCOc3ccc(O)cc3C2)c1. The van der Waals surface area contributed by atoms with Crippen LogP contribution in [0.5, 0.6) is 11.5 Å². The van der Waals surface area contributed by atoms with Crippen LogP contribution < -0.4 is 4.74 Å². The van der Waals surface area contributed by atoms with Gasteiger partial charge in [0.25, 0.3) is 0 Å². The van der Waals surface area contributed by atoms with E-state index in [2.05, 4.69) is 4.90 Å². The van der Waals surface area contributed by atoms with Gasteiger partial charge in [0.15, 0.2) is 0 Å². The molecule has 4 heteroatoms. The number of aryl methyl sites for hydroxylation is 1. The van der Waals surface area contributed by atoms with Crippen molar-refractivity contribution in [1.82, 2.24) is 4.90 Å². The molecule has 1 aliphatic heterocycles. The summed E-state index contributed by atoms with van der Waals surface area (Å²) in [4.78, 5) is 2.15. The van der Waals surface area contributed by atoms with Crippen molar-refractivity contribution in [2.45, 2.75) is 19.6 Å². The predicted octanol–water partition coefficient (Wildman–Crippen LogP) is 2.63. The van der Waals surface area contributed by atoms with Crippen LogP contribution in [-0.4, -0.2) is 34.8 Å². The van der Waals surface area contributed by atoms with E-state index < -0.39 is 6.10 Å². The molecule has 3 rings (SSSR count). The van der Waals surface area contributed by atoms with E-state index in [1.807, 2.05) is 31.2 Å². The largest absolute Gasteiger partial charge is 0.508 e. The number of aliphatic hydroxyl groups is 1. The van der Waals surface area contributed by atoms with Crippen LogP contribution in [0.3, 0.4) is 0 Å². The Morgan fingerprint density at radius 1 is 1.23 bits per heavy atom. The number of hydrogen-bond donors (Lipinski definition) is 2. The summed E-state index contributed by atoms with van der Waals surface area (Å²) < 4.78 is 5.71. The van der Waals surface area contributed by atoms with Gasteiger partial charge >= 0.3 is 0 Å².